The van der Waals surface area contributed by atoms with Crippen LogP contribution in [0.4, 0.5) is 4.39 Å². The van der Waals surface area contributed by atoms with Crippen molar-refractivity contribution in [3.8, 4) is 0 Å². The molecule has 3 aliphatic rings. The second-order valence-electron chi connectivity index (χ2n) is 12.5. The smallest absolute Gasteiger partial charge is 0.333 e. The van der Waals surface area contributed by atoms with Gasteiger partial charge in [-0.15, -0.1) is 5.06 Å². The van der Waals surface area contributed by atoms with Crippen LogP contribution >= 0.6 is 0 Å². The normalized spacial score (nSPS) is 18.9. The van der Waals surface area contributed by atoms with Crippen LogP contribution in [0.2, 0.25) is 0 Å². The largest absolute Gasteiger partial charge is 0.465 e. The summed E-state index contributed by atoms with van der Waals surface area (Å²) in [4.78, 5) is 73.1. The predicted octanol–water partition coefficient (Wildman–Crippen LogP) is 3.45. The molecular weight excluding hydrogens is 613 g/mol. The van der Waals surface area contributed by atoms with Crippen molar-refractivity contribution in [3.63, 3.8) is 0 Å². The molecule has 3 aromatic rings. The highest BCUT2D eigenvalue weighted by atomic mass is 19.1. The first-order valence-corrected chi connectivity index (χ1v) is 16.3. The highest BCUT2D eigenvalue weighted by Gasteiger charge is 2.33. The van der Waals surface area contributed by atoms with E-state index in [4.69, 9.17) is 19.1 Å². The molecule has 1 unspecified atom stereocenters. The highest BCUT2D eigenvalue weighted by molar-refractivity contribution is 6.01. The van der Waals surface area contributed by atoms with Crippen molar-refractivity contribution in [1.29, 1.82) is 0 Å². The maximum absolute atomic E-state index is 13.6. The molecule has 0 bridgehead atoms. The van der Waals surface area contributed by atoms with Crippen LogP contribution in [0.3, 0.4) is 0 Å². The van der Waals surface area contributed by atoms with E-state index in [9.17, 15) is 28.4 Å². The number of hydroxylamine groups is 2. The molecule has 0 spiro atoms. The predicted molar refractivity (Wildman–Crippen MR) is 163 cm³/mol. The Hall–Kier alpha value is -4.46. The summed E-state index contributed by atoms with van der Waals surface area (Å²) in [7, 11) is 0. The summed E-state index contributed by atoms with van der Waals surface area (Å²) >= 11 is 0. The number of benzene rings is 1. The first-order valence-electron chi connectivity index (χ1n) is 16.3. The quantitative estimate of drug-likeness (QED) is 0.221. The van der Waals surface area contributed by atoms with Crippen LogP contribution in [-0.2, 0) is 41.7 Å². The lowest BCUT2D eigenvalue weighted by Gasteiger charge is -2.31. The number of ether oxygens (including phenoxy) is 1. The van der Waals surface area contributed by atoms with Gasteiger partial charge in [0.15, 0.2) is 5.58 Å². The second-order valence-corrected chi connectivity index (χ2v) is 12.5. The fourth-order valence-electron chi connectivity index (χ4n) is 6.69. The number of halogens is 1. The number of aromatic nitrogens is 3. The molecule has 3 aliphatic heterocycles. The van der Waals surface area contributed by atoms with Gasteiger partial charge < -0.3 is 19.0 Å². The molecule has 2 fully saturated rings. The van der Waals surface area contributed by atoms with Crippen LogP contribution in [0.5, 0.6) is 0 Å². The minimum Gasteiger partial charge on any atom is -0.465 e. The third kappa shape index (κ3) is 7.27. The number of aryl methyl sites for hydroxylation is 1. The lowest BCUT2D eigenvalue weighted by atomic mass is 9.91. The SMILES string of the molecule is Cc1nc2n(c(=O)c1CCN1CCC(c3noc4cc(F)ccc34)CC1)CCCC2COC(=O)CCCC(=O)ON1C(=O)CCC1=O. The zero-order valence-corrected chi connectivity index (χ0v) is 26.4. The molecule has 0 N–H and O–H groups in total. The van der Waals surface area contributed by atoms with Crippen LogP contribution in [0, 0.1) is 12.7 Å². The Bertz CT molecular complexity index is 1730. The van der Waals surface area contributed by atoms with E-state index in [2.05, 4.69) is 10.1 Å². The van der Waals surface area contributed by atoms with Crippen molar-refractivity contribution >= 4 is 34.7 Å². The summed E-state index contributed by atoms with van der Waals surface area (Å²) in [5, 5.41) is 5.58. The van der Waals surface area contributed by atoms with Gasteiger partial charge >= 0.3 is 11.9 Å². The number of amides is 2. The average molecular weight is 652 g/mol. The molecule has 250 valence electrons. The van der Waals surface area contributed by atoms with Gasteiger partial charge in [-0.1, -0.05) is 5.16 Å². The summed E-state index contributed by atoms with van der Waals surface area (Å²) < 4.78 is 26.1. The van der Waals surface area contributed by atoms with E-state index in [0.29, 0.717) is 40.7 Å². The van der Waals surface area contributed by atoms with Crippen molar-refractivity contribution in [3.05, 3.63) is 57.1 Å². The summed E-state index contributed by atoms with van der Waals surface area (Å²) in [6, 6.07) is 4.52. The van der Waals surface area contributed by atoms with Crippen LogP contribution in [0.25, 0.3) is 11.0 Å². The summed E-state index contributed by atoms with van der Waals surface area (Å²) in [6.07, 6.45) is 3.85. The molecule has 2 amide bonds. The number of nitrogens with zero attached hydrogens (tertiary/aromatic N) is 5. The zero-order valence-electron chi connectivity index (χ0n) is 26.4. The Kier molecular flexibility index (Phi) is 9.76. The highest BCUT2D eigenvalue weighted by Crippen LogP contribution is 2.33. The molecule has 1 atom stereocenters. The summed E-state index contributed by atoms with van der Waals surface area (Å²) in [5.41, 5.74) is 2.68. The molecule has 0 aliphatic carbocycles. The summed E-state index contributed by atoms with van der Waals surface area (Å²) in [6.45, 7) is 4.92. The van der Waals surface area contributed by atoms with E-state index < -0.39 is 23.8 Å². The van der Waals surface area contributed by atoms with E-state index in [1.54, 1.807) is 10.6 Å². The van der Waals surface area contributed by atoms with Gasteiger partial charge in [0.25, 0.3) is 17.4 Å². The third-order valence-corrected chi connectivity index (χ3v) is 9.32. The fourth-order valence-corrected chi connectivity index (χ4v) is 6.69. The number of hydrogen-bond acceptors (Lipinski definition) is 11. The average Bonchev–Trinajstić information content (AvgIpc) is 3.62. The van der Waals surface area contributed by atoms with Gasteiger partial charge in [0.05, 0.1) is 11.6 Å². The van der Waals surface area contributed by atoms with Crippen LogP contribution in [0.15, 0.2) is 27.5 Å². The minimum atomic E-state index is -0.763. The van der Waals surface area contributed by atoms with Crippen molar-refractivity contribution in [1.82, 2.24) is 24.7 Å². The van der Waals surface area contributed by atoms with Gasteiger partial charge in [-0.25, -0.2) is 14.2 Å². The number of likely N-dealkylation sites (tertiary alicyclic amines) is 1. The Balaban J connectivity index is 0.975. The number of esters is 1. The maximum Gasteiger partial charge on any atom is 0.333 e. The van der Waals surface area contributed by atoms with E-state index in [-0.39, 0.29) is 61.9 Å². The molecular formula is C33H38FN5O8. The Morgan fingerprint density at radius 3 is 2.53 bits per heavy atom. The van der Waals surface area contributed by atoms with E-state index in [0.717, 1.165) is 56.4 Å². The number of hydrogen-bond donors (Lipinski definition) is 0. The number of fused-ring (bicyclic) bond motifs is 2. The molecule has 6 rings (SSSR count). The molecule has 47 heavy (non-hydrogen) atoms. The fraction of sp³-hybridized carbons (Fsp3) is 0.545. The number of imide groups is 1. The number of rotatable bonds is 11. The Morgan fingerprint density at radius 1 is 1.02 bits per heavy atom. The van der Waals surface area contributed by atoms with Gasteiger partial charge in [0.2, 0.25) is 0 Å². The van der Waals surface area contributed by atoms with Gasteiger partial charge in [-0.05, 0) is 70.7 Å². The molecule has 2 saturated heterocycles. The van der Waals surface area contributed by atoms with Gasteiger partial charge in [0.1, 0.15) is 18.2 Å². The molecule has 0 saturated carbocycles. The van der Waals surface area contributed by atoms with E-state index >= 15 is 0 Å². The monoisotopic (exact) mass is 651 g/mol. The van der Waals surface area contributed by atoms with Crippen molar-refractivity contribution < 1.29 is 37.7 Å². The van der Waals surface area contributed by atoms with E-state index in [1.165, 1.54) is 12.1 Å². The molecule has 14 heteroatoms. The minimum absolute atomic E-state index is 0.0138. The number of carbonyl (C=O) groups excluding carboxylic acids is 4. The molecule has 1 aromatic carbocycles. The van der Waals surface area contributed by atoms with Gasteiger partial charge in [-0.2, -0.15) is 0 Å². The first-order chi connectivity index (χ1) is 22.7. The topological polar surface area (TPSA) is 154 Å². The molecule has 0 radical (unpaired) electrons. The summed E-state index contributed by atoms with van der Waals surface area (Å²) in [5.74, 6) is -2.07. The maximum atomic E-state index is 13.6. The molecule has 5 heterocycles. The molecule has 2 aromatic heterocycles. The lowest BCUT2D eigenvalue weighted by Crippen LogP contribution is -2.38. The van der Waals surface area contributed by atoms with Gasteiger partial charge in [0, 0.05) is 67.4 Å². The Labute approximate surface area is 269 Å². The lowest BCUT2D eigenvalue weighted by molar-refractivity contribution is -0.197. The van der Waals surface area contributed by atoms with Crippen LogP contribution in [-0.4, -0.2) is 74.7 Å². The van der Waals surface area contributed by atoms with Crippen molar-refractivity contribution in [2.24, 2.45) is 0 Å². The van der Waals surface area contributed by atoms with Gasteiger partial charge in [-0.3, -0.25) is 23.7 Å². The number of carbonyl (C=O) groups is 4. The van der Waals surface area contributed by atoms with Crippen molar-refractivity contribution in [2.75, 3.05) is 26.2 Å². The van der Waals surface area contributed by atoms with E-state index in [1.807, 2.05) is 6.92 Å². The zero-order chi connectivity index (χ0) is 33.1. The third-order valence-electron chi connectivity index (χ3n) is 9.32. The van der Waals surface area contributed by atoms with Crippen molar-refractivity contribution in [2.45, 2.75) is 89.5 Å². The first kappa shape index (κ1) is 32.5. The number of piperidine rings is 1. The standard InChI is InChI=1S/C33H38FN5O8/c1-20-24(13-17-37-15-11-21(12-16-37)31-25-8-7-23(34)18-26(25)46-36-31)33(44)38-14-3-4-22(32(38)35-20)19-45-29(42)5-2-6-30(43)47-39-27(40)9-10-28(39)41/h7-8,18,21-22H,2-6,9-17,19H2,1H3. The van der Waals surface area contributed by atoms with Crippen LogP contribution in [0.1, 0.15) is 92.4 Å². The second kappa shape index (κ2) is 14.1. The Morgan fingerprint density at radius 2 is 1.77 bits per heavy atom. The molecule has 13 nitrogen and oxygen atoms in total. The van der Waals surface area contributed by atoms with Crippen LogP contribution < -0.4 is 5.56 Å².